The molecule has 1 amide bonds. The van der Waals surface area contributed by atoms with Crippen LogP contribution in [0.5, 0.6) is 5.75 Å². The number of ether oxygens (including phenoxy) is 1. The number of nitrogens with one attached hydrogen (secondary N) is 1. The van der Waals surface area contributed by atoms with Crippen LogP contribution >= 0.6 is 0 Å². The molecule has 20 heavy (non-hydrogen) atoms. The van der Waals surface area contributed by atoms with Crippen molar-refractivity contribution < 1.29 is 23.8 Å². The van der Waals surface area contributed by atoms with Gasteiger partial charge in [0.2, 0.25) is 0 Å². The quantitative estimate of drug-likeness (QED) is 0.838. The fourth-order valence-corrected chi connectivity index (χ4v) is 1.78. The van der Waals surface area contributed by atoms with Gasteiger partial charge in [-0.05, 0) is 18.1 Å². The Bertz CT molecular complexity index is 502. The topological polar surface area (TPSA) is 75.6 Å². The summed E-state index contributed by atoms with van der Waals surface area (Å²) in [4.78, 5) is 22.9. The molecule has 0 radical (unpaired) electrons. The van der Waals surface area contributed by atoms with E-state index in [0.717, 1.165) is 6.07 Å². The monoisotopic (exact) mass is 283 g/mol. The van der Waals surface area contributed by atoms with Gasteiger partial charge in [-0.25, -0.2) is 4.39 Å². The Morgan fingerprint density at radius 3 is 2.55 bits per heavy atom. The number of carbonyl (C=O) groups excluding carboxylic acids is 1. The molecule has 110 valence electrons. The first-order chi connectivity index (χ1) is 9.36. The molecule has 5 nitrogen and oxygen atoms in total. The molecular weight excluding hydrogens is 265 g/mol. The van der Waals surface area contributed by atoms with E-state index < -0.39 is 23.7 Å². The van der Waals surface area contributed by atoms with Gasteiger partial charge in [0, 0.05) is 6.04 Å². The number of aliphatic carboxylic acids is 1. The zero-order chi connectivity index (χ0) is 15.3. The molecule has 0 bridgehead atoms. The Hall–Kier alpha value is -2.11. The van der Waals surface area contributed by atoms with Crippen LogP contribution in [0.1, 0.15) is 30.6 Å². The fraction of sp³-hybridized carbons (Fsp3) is 0.429. The molecule has 6 heteroatoms. The molecule has 0 aliphatic heterocycles. The van der Waals surface area contributed by atoms with Crippen LogP contribution in [0.2, 0.25) is 0 Å². The number of hydrogen-bond acceptors (Lipinski definition) is 3. The maximum Gasteiger partial charge on any atom is 0.305 e. The van der Waals surface area contributed by atoms with Gasteiger partial charge >= 0.3 is 5.97 Å². The van der Waals surface area contributed by atoms with Crippen LogP contribution in [-0.4, -0.2) is 30.1 Å². The van der Waals surface area contributed by atoms with Crippen LogP contribution in [0.25, 0.3) is 0 Å². The zero-order valence-corrected chi connectivity index (χ0v) is 11.6. The summed E-state index contributed by atoms with van der Waals surface area (Å²) in [6, 6.07) is 3.48. The molecule has 1 aromatic carbocycles. The number of carboxylic acids is 1. The smallest absolute Gasteiger partial charge is 0.305 e. The van der Waals surface area contributed by atoms with E-state index in [9.17, 15) is 14.0 Å². The molecule has 0 heterocycles. The minimum absolute atomic E-state index is 0.0900. The zero-order valence-electron chi connectivity index (χ0n) is 11.6. The van der Waals surface area contributed by atoms with E-state index in [2.05, 4.69) is 5.32 Å². The molecule has 0 spiro atoms. The van der Waals surface area contributed by atoms with Gasteiger partial charge in [-0.15, -0.1) is 0 Å². The van der Waals surface area contributed by atoms with Crippen LogP contribution in [0, 0.1) is 11.7 Å². The van der Waals surface area contributed by atoms with E-state index in [0.29, 0.717) is 0 Å². The molecule has 1 atom stereocenters. The molecule has 0 fully saturated rings. The van der Waals surface area contributed by atoms with Gasteiger partial charge in [0.05, 0.1) is 13.5 Å². The second-order valence-corrected chi connectivity index (χ2v) is 4.74. The SMILES string of the molecule is COc1cccc(F)c1C(=O)NC(CC(=O)O)C(C)C. The number of rotatable bonds is 6. The highest BCUT2D eigenvalue weighted by Gasteiger charge is 2.24. The molecular formula is C14H18FNO4. The van der Waals surface area contributed by atoms with Gasteiger partial charge in [0.1, 0.15) is 17.1 Å². The van der Waals surface area contributed by atoms with Gasteiger partial charge in [-0.3, -0.25) is 9.59 Å². The standard InChI is InChI=1S/C14H18FNO4/c1-8(2)10(7-12(17)18)16-14(19)13-9(15)5-4-6-11(13)20-3/h4-6,8,10H,7H2,1-3H3,(H,16,19)(H,17,18). The van der Waals surface area contributed by atoms with E-state index in [-0.39, 0.29) is 23.7 Å². The summed E-state index contributed by atoms with van der Waals surface area (Å²) in [5, 5.41) is 11.4. The molecule has 2 N–H and O–H groups in total. The van der Waals surface area contributed by atoms with Crippen LogP contribution in [0.3, 0.4) is 0 Å². The molecule has 0 saturated carbocycles. The maximum atomic E-state index is 13.7. The van der Waals surface area contributed by atoms with Crippen molar-refractivity contribution in [2.24, 2.45) is 5.92 Å². The van der Waals surface area contributed by atoms with Crippen LogP contribution < -0.4 is 10.1 Å². The van der Waals surface area contributed by atoms with Gasteiger partial charge in [-0.1, -0.05) is 19.9 Å². The number of carbonyl (C=O) groups is 2. The second-order valence-electron chi connectivity index (χ2n) is 4.74. The largest absolute Gasteiger partial charge is 0.496 e. The normalized spacial score (nSPS) is 12.1. The Balaban J connectivity index is 2.97. The lowest BCUT2D eigenvalue weighted by Gasteiger charge is -2.21. The summed E-state index contributed by atoms with van der Waals surface area (Å²) in [6.07, 6.45) is -0.222. The van der Waals surface area contributed by atoms with E-state index in [1.807, 2.05) is 0 Å². The summed E-state index contributed by atoms with van der Waals surface area (Å²) >= 11 is 0. The number of hydrogen-bond donors (Lipinski definition) is 2. The third-order valence-corrected chi connectivity index (χ3v) is 2.94. The summed E-state index contributed by atoms with van der Waals surface area (Å²) in [5.41, 5.74) is -0.217. The van der Waals surface area contributed by atoms with E-state index in [1.165, 1.54) is 19.2 Å². The predicted octanol–water partition coefficient (Wildman–Crippen LogP) is 2.06. The summed E-state index contributed by atoms with van der Waals surface area (Å²) in [6.45, 7) is 3.57. The van der Waals surface area contributed by atoms with Crippen molar-refractivity contribution in [2.75, 3.05) is 7.11 Å². The van der Waals surface area contributed by atoms with Crippen LogP contribution in [-0.2, 0) is 4.79 Å². The predicted molar refractivity (Wildman–Crippen MR) is 71.3 cm³/mol. The van der Waals surface area contributed by atoms with Crippen LogP contribution in [0.15, 0.2) is 18.2 Å². The van der Waals surface area contributed by atoms with Crippen molar-refractivity contribution in [3.63, 3.8) is 0 Å². The highest BCUT2D eigenvalue weighted by Crippen LogP contribution is 2.21. The number of halogens is 1. The molecule has 1 aromatic rings. The number of methoxy groups -OCH3 is 1. The van der Waals surface area contributed by atoms with Gasteiger partial charge in [0.15, 0.2) is 0 Å². The maximum absolute atomic E-state index is 13.7. The van der Waals surface area contributed by atoms with Crippen LogP contribution in [0.4, 0.5) is 4.39 Å². The lowest BCUT2D eigenvalue weighted by Crippen LogP contribution is -2.40. The Kier molecular flexibility index (Phi) is 5.49. The first kappa shape index (κ1) is 15.9. The molecule has 1 rings (SSSR count). The highest BCUT2D eigenvalue weighted by atomic mass is 19.1. The van der Waals surface area contributed by atoms with Crippen molar-refractivity contribution in [1.29, 1.82) is 0 Å². The second kappa shape index (κ2) is 6.88. The number of benzene rings is 1. The van der Waals surface area contributed by atoms with Crippen molar-refractivity contribution in [3.05, 3.63) is 29.6 Å². The Morgan fingerprint density at radius 1 is 1.40 bits per heavy atom. The molecule has 1 unspecified atom stereocenters. The van der Waals surface area contributed by atoms with E-state index in [1.54, 1.807) is 13.8 Å². The third kappa shape index (κ3) is 3.94. The summed E-state index contributed by atoms with van der Waals surface area (Å²) in [7, 11) is 1.34. The first-order valence-corrected chi connectivity index (χ1v) is 6.22. The van der Waals surface area contributed by atoms with Crippen molar-refractivity contribution in [3.8, 4) is 5.75 Å². The fourth-order valence-electron chi connectivity index (χ4n) is 1.78. The number of amides is 1. The lowest BCUT2D eigenvalue weighted by atomic mass is 10.0. The molecule has 0 aromatic heterocycles. The van der Waals surface area contributed by atoms with Crippen molar-refractivity contribution in [2.45, 2.75) is 26.3 Å². The molecule has 0 aliphatic rings. The van der Waals surface area contributed by atoms with Gasteiger partial charge in [0.25, 0.3) is 5.91 Å². The Morgan fingerprint density at radius 2 is 2.05 bits per heavy atom. The summed E-state index contributed by atoms with van der Waals surface area (Å²) in [5.74, 6) is -2.39. The van der Waals surface area contributed by atoms with E-state index >= 15 is 0 Å². The third-order valence-electron chi connectivity index (χ3n) is 2.94. The average molecular weight is 283 g/mol. The Labute approximate surface area is 116 Å². The van der Waals surface area contributed by atoms with E-state index in [4.69, 9.17) is 9.84 Å². The van der Waals surface area contributed by atoms with Gasteiger partial charge in [-0.2, -0.15) is 0 Å². The van der Waals surface area contributed by atoms with Crippen molar-refractivity contribution in [1.82, 2.24) is 5.32 Å². The number of carboxylic acid groups (broad SMARTS) is 1. The highest BCUT2D eigenvalue weighted by molar-refractivity contribution is 5.97. The average Bonchev–Trinajstić information content (AvgIpc) is 2.36. The molecule has 0 saturated heterocycles. The minimum Gasteiger partial charge on any atom is -0.496 e. The molecule has 0 aliphatic carbocycles. The van der Waals surface area contributed by atoms with Gasteiger partial charge < -0.3 is 15.2 Å². The first-order valence-electron chi connectivity index (χ1n) is 6.22. The van der Waals surface area contributed by atoms with Crippen molar-refractivity contribution >= 4 is 11.9 Å². The lowest BCUT2D eigenvalue weighted by molar-refractivity contribution is -0.137. The summed E-state index contributed by atoms with van der Waals surface area (Å²) < 4.78 is 18.7. The minimum atomic E-state index is -1.02.